The summed E-state index contributed by atoms with van der Waals surface area (Å²) in [6.07, 6.45) is 1.03. The van der Waals surface area contributed by atoms with E-state index in [1.54, 1.807) is 25.3 Å². The van der Waals surface area contributed by atoms with Crippen LogP contribution in [0.4, 0.5) is 5.69 Å². The Bertz CT molecular complexity index is 1050. The minimum atomic E-state index is -0.688. The second-order valence-corrected chi connectivity index (χ2v) is 5.75. The second kappa shape index (κ2) is 8.26. The number of hydrogen-bond donors (Lipinski definition) is 2. The third-order valence-corrected chi connectivity index (χ3v) is 3.97. The van der Waals surface area contributed by atoms with Crippen LogP contribution in [0.3, 0.4) is 0 Å². The van der Waals surface area contributed by atoms with Gasteiger partial charge in [0.15, 0.2) is 0 Å². The maximum Gasteiger partial charge on any atom is 0.354 e. The van der Waals surface area contributed by atoms with Crippen molar-refractivity contribution in [1.29, 1.82) is 0 Å². The topological polar surface area (TPSA) is 103 Å². The number of fused-ring (bicyclic) bond motifs is 1. The van der Waals surface area contributed by atoms with Crippen LogP contribution in [0.5, 0.6) is 5.75 Å². The highest BCUT2D eigenvalue weighted by molar-refractivity contribution is 5.99. The molecule has 2 N–H and O–H groups in total. The van der Waals surface area contributed by atoms with Crippen LogP contribution in [0.15, 0.2) is 54.2 Å². The lowest BCUT2D eigenvalue weighted by atomic mass is 10.2. The minimum Gasteiger partial charge on any atom is -0.497 e. The van der Waals surface area contributed by atoms with Gasteiger partial charge in [0, 0.05) is 11.3 Å². The molecular weight excluding hydrogens is 362 g/mol. The molecule has 2 aromatic carbocycles. The first-order valence-corrected chi connectivity index (χ1v) is 8.33. The summed E-state index contributed by atoms with van der Waals surface area (Å²) in [7, 11) is 4.06. The third kappa shape index (κ3) is 4.12. The lowest BCUT2D eigenvalue weighted by Crippen LogP contribution is -2.15. The Balaban J connectivity index is 1.92. The molecule has 3 rings (SSSR count). The Hall–Kier alpha value is -3.81. The molecule has 0 spiro atoms. The Labute approximate surface area is 161 Å². The number of ether oxygens (including phenoxy) is 3. The van der Waals surface area contributed by atoms with Gasteiger partial charge in [0.05, 0.1) is 38.4 Å². The number of hydrogen-bond acceptors (Lipinski definition) is 7. The van der Waals surface area contributed by atoms with E-state index in [0.29, 0.717) is 11.5 Å². The van der Waals surface area contributed by atoms with E-state index in [1.165, 1.54) is 14.2 Å². The van der Waals surface area contributed by atoms with Crippen molar-refractivity contribution in [2.24, 2.45) is 0 Å². The van der Waals surface area contributed by atoms with Crippen molar-refractivity contribution in [3.05, 3.63) is 54.2 Å². The molecule has 28 heavy (non-hydrogen) atoms. The minimum absolute atomic E-state index is 0.0405. The van der Waals surface area contributed by atoms with E-state index in [9.17, 15) is 9.59 Å². The summed E-state index contributed by atoms with van der Waals surface area (Å²) in [5.41, 5.74) is 2.92. The molecule has 0 amide bonds. The fourth-order valence-corrected chi connectivity index (χ4v) is 2.58. The number of carbonyl (C=O) groups is 2. The number of carbonyl (C=O) groups excluding carboxylic acids is 2. The summed E-state index contributed by atoms with van der Waals surface area (Å²) in [6, 6.07) is 12.9. The van der Waals surface area contributed by atoms with Crippen molar-refractivity contribution in [3.8, 4) is 17.1 Å². The van der Waals surface area contributed by atoms with Gasteiger partial charge in [-0.25, -0.2) is 14.6 Å². The molecule has 0 unspecified atom stereocenters. The number of nitrogens with zero attached hydrogens (tertiary/aromatic N) is 1. The first kappa shape index (κ1) is 19.0. The van der Waals surface area contributed by atoms with Crippen molar-refractivity contribution < 1.29 is 23.8 Å². The molecule has 0 aliphatic carbocycles. The number of aromatic amines is 1. The quantitative estimate of drug-likeness (QED) is 0.500. The average molecular weight is 381 g/mol. The van der Waals surface area contributed by atoms with E-state index in [1.807, 2.05) is 24.3 Å². The molecule has 0 saturated carbocycles. The number of rotatable bonds is 6. The molecule has 0 radical (unpaired) electrons. The van der Waals surface area contributed by atoms with Crippen molar-refractivity contribution in [3.63, 3.8) is 0 Å². The van der Waals surface area contributed by atoms with Gasteiger partial charge >= 0.3 is 11.9 Å². The Morgan fingerprint density at radius 2 is 1.89 bits per heavy atom. The van der Waals surface area contributed by atoms with Gasteiger partial charge in [0.1, 0.15) is 17.3 Å². The van der Waals surface area contributed by atoms with E-state index in [0.717, 1.165) is 28.4 Å². The predicted molar refractivity (Wildman–Crippen MR) is 104 cm³/mol. The van der Waals surface area contributed by atoms with Gasteiger partial charge in [-0.3, -0.25) is 0 Å². The summed E-state index contributed by atoms with van der Waals surface area (Å²) < 4.78 is 14.5. The fraction of sp³-hybridized carbons (Fsp3) is 0.150. The highest BCUT2D eigenvalue weighted by Gasteiger charge is 2.14. The zero-order valence-corrected chi connectivity index (χ0v) is 15.6. The fourth-order valence-electron chi connectivity index (χ4n) is 2.58. The highest BCUT2D eigenvalue weighted by Crippen LogP contribution is 2.26. The smallest absolute Gasteiger partial charge is 0.354 e. The Kier molecular flexibility index (Phi) is 5.59. The molecule has 0 aliphatic heterocycles. The number of anilines is 1. The average Bonchev–Trinajstić information content (AvgIpc) is 3.16. The van der Waals surface area contributed by atoms with E-state index < -0.39 is 11.9 Å². The standard InChI is InChI=1S/C20H19N3O5/c1-26-14-6-4-5-12(9-14)19-22-15-8-7-13(10-16(15)23-19)21-17(20(25)28-3)11-18(24)27-2/h4-11,21H,1-3H3,(H,22,23)/b17-11+. The van der Waals surface area contributed by atoms with E-state index in [-0.39, 0.29) is 5.70 Å². The van der Waals surface area contributed by atoms with Gasteiger partial charge < -0.3 is 24.5 Å². The van der Waals surface area contributed by atoms with E-state index >= 15 is 0 Å². The number of H-pyrrole nitrogens is 1. The molecule has 0 fully saturated rings. The van der Waals surface area contributed by atoms with Gasteiger partial charge in [-0.15, -0.1) is 0 Å². The van der Waals surface area contributed by atoms with Crippen molar-refractivity contribution in [2.45, 2.75) is 0 Å². The molecule has 1 heterocycles. The van der Waals surface area contributed by atoms with E-state index in [4.69, 9.17) is 9.47 Å². The van der Waals surface area contributed by atoms with E-state index in [2.05, 4.69) is 20.0 Å². The van der Waals surface area contributed by atoms with Crippen LogP contribution < -0.4 is 10.1 Å². The number of methoxy groups -OCH3 is 3. The summed E-state index contributed by atoms with van der Waals surface area (Å²) in [5, 5.41) is 2.87. The number of aromatic nitrogens is 2. The van der Waals surface area contributed by atoms with Crippen LogP contribution in [-0.4, -0.2) is 43.2 Å². The van der Waals surface area contributed by atoms with Crippen molar-refractivity contribution >= 4 is 28.7 Å². The van der Waals surface area contributed by atoms with Gasteiger partial charge in [-0.1, -0.05) is 12.1 Å². The lowest BCUT2D eigenvalue weighted by molar-refractivity contribution is -0.138. The monoisotopic (exact) mass is 381 g/mol. The maximum atomic E-state index is 11.9. The molecule has 0 aliphatic rings. The number of imidazole rings is 1. The summed E-state index contributed by atoms with van der Waals surface area (Å²) in [5.74, 6) is 0.0586. The molecule has 1 aromatic heterocycles. The van der Waals surface area contributed by atoms with Crippen LogP contribution in [0, 0.1) is 0 Å². The third-order valence-electron chi connectivity index (χ3n) is 3.97. The SMILES string of the molecule is COC(=O)/C=C(/Nc1ccc2nc(-c3cccc(OC)c3)[nH]c2c1)C(=O)OC. The van der Waals surface area contributed by atoms with Crippen molar-refractivity contribution in [2.75, 3.05) is 26.6 Å². The first-order chi connectivity index (χ1) is 13.5. The summed E-state index contributed by atoms with van der Waals surface area (Å²) in [6.45, 7) is 0. The van der Waals surface area contributed by atoms with Crippen LogP contribution in [0.25, 0.3) is 22.4 Å². The van der Waals surface area contributed by atoms with Crippen LogP contribution in [0.1, 0.15) is 0 Å². The van der Waals surface area contributed by atoms with Gasteiger partial charge in [0.25, 0.3) is 0 Å². The molecular formula is C20H19N3O5. The van der Waals surface area contributed by atoms with Gasteiger partial charge in [-0.2, -0.15) is 0 Å². The molecule has 8 nitrogen and oxygen atoms in total. The molecule has 8 heteroatoms. The predicted octanol–water partition coefficient (Wildman–Crippen LogP) is 2.88. The van der Waals surface area contributed by atoms with Crippen LogP contribution >= 0.6 is 0 Å². The molecule has 3 aromatic rings. The Morgan fingerprint density at radius 3 is 2.61 bits per heavy atom. The molecule has 0 atom stereocenters. The molecule has 0 bridgehead atoms. The highest BCUT2D eigenvalue weighted by atomic mass is 16.5. The lowest BCUT2D eigenvalue weighted by Gasteiger charge is -2.08. The van der Waals surface area contributed by atoms with Gasteiger partial charge in [-0.05, 0) is 30.3 Å². The number of nitrogens with one attached hydrogen (secondary N) is 2. The largest absolute Gasteiger partial charge is 0.497 e. The summed E-state index contributed by atoms with van der Waals surface area (Å²) >= 11 is 0. The zero-order chi connectivity index (χ0) is 20.1. The van der Waals surface area contributed by atoms with Crippen molar-refractivity contribution in [1.82, 2.24) is 9.97 Å². The Morgan fingerprint density at radius 1 is 1.07 bits per heavy atom. The number of benzene rings is 2. The molecule has 0 saturated heterocycles. The zero-order valence-electron chi connectivity index (χ0n) is 15.6. The molecule has 144 valence electrons. The maximum absolute atomic E-state index is 11.9. The second-order valence-electron chi connectivity index (χ2n) is 5.75. The summed E-state index contributed by atoms with van der Waals surface area (Å²) in [4.78, 5) is 31.2. The number of esters is 2. The normalized spacial score (nSPS) is 11.2. The first-order valence-electron chi connectivity index (χ1n) is 8.33. The van der Waals surface area contributed by atoms with Crippen LogP contribution in [-0.2, 0) is 19.1 Å². The van der Waals surface area contributed by atoms with Gasteiger partial charge in [0.2, 0.25) is 0 Å². The van der Waals surface area contributed by atoms with Crippen LogP contribution in [0.2, 0.25) is 0 Å².